The van der Waals surface area contributed by atoms with Crippen LogP contribution in [-0.2, 0) is 20.9 Å². The van der Waals surface area contributed by atoms with Crippen LogP contribution in [0.5, 0.6) is 17.2 Å². The van der Waals surface area contributed by atoms with E-state index < -0.39 is 23.8 Å². The summed E-state index contributed by atoms with van der Waals surface area (Å²) in [5.41, 5.74) is 1.91. The minimum absolute atomic E-state index is 0.194. The van der Waals surface area contributed by atoms with E-state index in [0.29, 0.717) is 24.8 Å². The first kappa shape index (κ1) is 23.9. The first-order valence-corrected chi connectivity index (χ1v) is 12.1. The molecule has 5 rings (SSSR count). The van der Waals surface area contributed by atoms with Crippen molar-refractivity contribution in [3.8, 4) is 17.2 Å². The van der Waals surface area contributed by atoms with E-state index in [4.69, 9.17) is 23.9 Å². The summed E-state index contributed by atoms with van der Waals surface area (Å²) < 4.78 is 21.3. The van der Waals surface area contributed by atoms with Crippen molar-refractivity contribution >= 4 is 17.8 Å². The Bertz CT molecular complexity index is 1140. The van der Waals surface area contributed by atoms with Gasteiger partial charge in [-0.05, 0) is 42.3 Å². The van der Waals surface area contributed by atoms with Crippen LogP contribution in [-0.4, -0.2) is 74.3 Å². The third-order valence-electron chi connectivity index (χ3n) is 6.61. The fourth-order valence-electron chi connectivity index (χ4n) is 4.68. The highest BCUT2D eigenvalue weighted by atomic mass is 16.7. The van der Waals surface area contributed by atoms with E-state index in [0.717, 1.165) is 42.3 Å². The number of nitrogens with zero attached hydrogens (tertiary/aromatic N) is 3. The number of rotatable bonds is 6. The minimum Gasteiger partial charge on any atom is -0.497 e. The molecule has 36 heavy (non-hydrogen) atoms. The molecule has 10 heteroatoms. The van der Waals surface area contributed by atoms with E-state index in [1.807, 2.05) is 24.3 Å². The Hall–Kier alpha value is -3.79. The quantitative estimate of drug-likeness (QED) is 0.480. The third-order valence-corrected chi connectivity index (χ3v) is 6.61. The highest BCUT2D eigenvalue weighted by Crippen LogP contribution is 2.34. The largest absolute Gasteiger partial charge is 0.497 e. The lowest BCUT2D eigenvalue weighted by Crippen LogP contribution is -2.57. The van der Waals surface area contributed by atoms with Crippen molar-refractivity contribution in [1.29, 1.82) is 0 Å². The van der Waals surface area contributed by atoms with Crippen LogP contribution in [0.15, 0.2) is 47.5 Å². The maximum absolute atomic E-state index is 13.1. The maximum atomic E-state index is 13.1. The molecule has 10 nitrogen and oxygen atoms in total. The van der Waals surface area contributed by atoms with Crippen LogP contribution in [0.1, 0.15) is 24.1 Å². The number of piperazine rings is 1. The van der Waals surface area contributed by atoms with E-state index in [2.05, 4.69) is 21.2 Å². The molecule has 1 saturated heterocycles. The average molecular weight is 495 g/mol. The number of amides is 1. The first-order valence-electron chi connectivity index (χ1n) is 12.1. The summed E-state index contributed by atoms with van der Waals surface area (Å²) in [5, 5.41) is 2.85. The van der Waals surface area contributed by atoms with Crippen LogP contribution in [0.2, 0.25) is 0 Å². The number of benzene rings is 2. The van der Waals surface area contributed by atoms with Crippen LogP contribution in [0.25, 0.3) is 0 Å². The summed E-state index contributed by atoms with van der Waals surface area (Å²) in [6, 6.07) is 12.6. The van der Waals surface area contributed by atoms with Gasteiger partial charge in [0.1, 0.15) is 11.8 Å². The Morgan fingerprint density at radius 1 is 1.08 bits per heavy atom. The summed E-state index contributed by atoms with van der Waals surface area (Å²) in [6.45, 7) is 5.98. The fourth-order valence-corrected chi connectivity index (χ4v) is 4.68. The molecule has 190 valence electrons. The van der Waals surface area contributed by atoms with Crippen molar-refractivity contribution in [3.05, 3.63) is 53.6 Å². The molecule has 0 bridgehead atoms. The van der Waals surface area contributed by atoms with E-state index in [1.54, 1.807) is 26.2 Å². The zero-order valence-corrected chi connectivity index (χ0v) is 20.4. The van der Waals surface area contributed by atoms with Crippen molar-refractivity contribution in [2.75, 3.05) is 46.7 Å². The molecule has 2 aromatic carbocycles. The highest BCUT2D eigenvalue weighted by molar-refractivity contribution is 6.08. The second kappa shape index (κ2) is 10.4. The molecule has 0 aliphatic carbocycles. The molecule has 0 spiro atoms. The number of hydrogen-bond donors (Lipinski definition) is 1. The molecule has 0 aromatic heterocycles. The molecule has 1 N–H and O–H groups in total. The maximum Gasteiger partial charge on any atom is 0.321 e. The van der Waals surface area contributed by atoms with E-state index >= 15 is 0 Å². The first-order chi connectivity index (χ1) is 17.6. The summed E-state index contributed by atoms with van der Waals surface area (Å²) in [6.07, 6.45) is 0. The topological polar surface area (TPSA) is 102 Å². The summed E-state index contributed by atoms with van der Waals surface area (Å²) in [5.74, 6) is 0.718. The zero-order valence-electron chi connectivity index (χ0n) is 20.4. The van der Waals surface area contributed by atoms with E-state index in [9.17, 15) is 9.59 Å². The van der Waals surface area contributed by atoms with Gasteiger partial charge >= 0.3 is 5.97 Å². The molecule has 1 amide bonds. The second-order valence-electron chi connectivity index (χ2n) is 8.84. The van der Waals surface area contributed by atoms with Gasteiger partial charge < -0.3 is 23.8 Å². The normalized spacial score (nSPS) is 21.6. The Kier molecular flexibility index (Phi) is 6.95. The van der Waals surface area contributed by atoms with Crippen molar-refractivity contribution in [2.45, 2.75) is 19.5 Å². The molecule has 3 heterocycles. The zero-order chi connectivity index (χ0) is 25.1. The number of ether oxygens (including phenoxy) is 4. The fraction of sp³-hybridized carbons (Fsp3) is 0.423. The number of guanidine groups is 1. The Balaban J connectivity index is 1.29. The van der Waals surface area contributed by atoms with Gasteiger partial charge in [-0.2, -0.15) is 0 Å². The average Bonchev–Trinajstić information content (AvgIpc) is 3.37. The molecular weight excluding hydrogens is 464 g/mol. The van der Waals surface area contributed by atoms with Crippen LogP contribution in [0, 0.1) is 5.92 Å². The summed E-state index contributed by atoms with van der Waals surface area (Å²) in [4.78, 5) is 35.0. The van der Waals surface area contributed by atoms with Crippen LogP contribution >= 0.6 is 0 Å². The van der Waals surface area contributed by atoms with Crippen molar-refractivity contribution < 1.29 is 28.5 Å². The number of carbonyl (C=O) groups excluding carboxylic acids is 2. The monoisotopic (exact) mass is 494 g/mol. The minimum atomic E-state index is -1.05. The van der Waals surface area contributed by atoms with Crippen molar-refractivity contribution in [2.24, 2.45) is 10.9 Å². The lowest BCUT2D eigenvalue weighted by atomic mass is 9.91. The van der Waals surface area contributed by atoms with Gasteiger partial charge in [-0.15, -0.1) is 0 Å². The van der Waals surface area contributed by atoms with Gasteiger partial charge in [0, 0.05) is 32.7 Å². The number of methoxy groups -OCH3 is 1. The number of fused-ring (bicyclic) bond motifs is 1. The number of carbonyl (C=O) groups is 2. The number of nitrogens with one attached hydrogen (secondary N) is 1. The lowest BCUT2D eigenvalue weighted by molar-refractivity contribution is -0.153. The second-order valence-corrected chi connectivity index (χ2v) is 8.84. The summed E-state index contributed by atoms with van der Waals surface area (Å²) in [7, 11) is 1.59. The molecule has 2 atom stereocenters. The Labute approximate surface area is 209 Å². The highest BCUT2D eigenvalue weighted by Gasteiger charge is 2.42. The van der Waals surface area contributed by atoms with Gasteiger partial charge in [-0.25, -0.2) is 4.99 Å². The molecule has 1 fully saturated rings. The SMILES string of the molecule is CCOC(=O)C1C(=O)NC(N2CCN(Cc3ccc4c(c3)OCO4)CC2)=NC1c1ccc(OC)cc1. The predicted molar refractivity (Wildman–Crippen MR) is 131 cm³/mol. The van der Waals surface area contributed by atoms with Gasteiger partial charge in [0.05, 0.1) is 13.7 Å². The van der Waals surface area contributed by atoms with Crippen LogP contribution < -0.4 is 19.5 Å². The summed E-state index contributed by atoms with van der Waals surface area (Å²) >= 11 is 0. The third kappa shape index (κ3) is 4.94. The Morgan fingerprint density at radius 2 is 1.83 bits per heavy atom. The molecule has 2 aromatic rings. The van der Waals surface area contributed by atoms with Gasteiger partial charge in [0.25, 0.3) is 0 Å². The number of hydrogen-bond acceptors (Lipinski definition) is 9. The van der Waals surface area contributed by atoms with Gasteiger partial charge in [-0.1, -0.05) is 18.2 Å². The van der Waals surface area contributed by atoms with E-state index in [1.165, 1.54) is 0 Å². The van der Waals surface area contributed by atoms with Gasteiger partial charge in [0.15, 0.2) is 17.4 Å². The molecule has 3 aliphatic rings. The lowest BCUT2D eigenvalue weighted by Gasteiger charge is -2.39. The molecule has 3 aliphatic heterocycles. The molecule has 0 radical (unpaired) electrons. The smallest absolute Gasteiger partial charge is 0.321 e. The van der Waals surface area contributed by atoms with Crippen LogP contribution in [0.4, 0.5) is 0 Å². The van der Waals surface area contributed by atoms with Gasteiger partial charge in [0.2, 0.25) is 18.7 Å². The predicted octanol–water partition coefficient (Wildman–Crippen LogP) is 1.95. The standard InChI is InChI=1S/C26H30N4O6/c1-3-34-25(32)22-23(18-5-7-19(33-2)8-6-18)27-26(28-24(22)31)30-12-10-29(11-13-30)15-17-4-9-20-21(14-17)36-16-35-20/h4-9,14,22-23H,3,10-13,15-16H2,1-2H3,(H,27,28,31). The molecule has 0 saturated carbocycles. The van der Waals surface area contributed by atoms with Crippen molar-refractivity contribution in [3.63, 3.8) is 0 Å². The van der Waals surface area contributed by atoms with Crippen molar-refractivity contribution in [1.82, 2.24) is 15.1 Å². The number of esters is 1. The van der Waals surface area contributed by atoms with E-state index in [-0.39, 0.29) is 13.4 Å². The molecule has 2 unspecified atom stereocenters. The van der Waals surface area contributed by atoms with Gasteiger partial charge in [-0.3, -0.25) is 19.8 Å². The Morgan fingerprint density at radius 3 is 2.56 bits per heavy atom. The van der Waals surface area contributed by atoms with Crippen LogP contribution in [0.3, 0.4) is 0 Å². The number of aliphatic imine (C=N–C) groups is 1. The molecular formula is C26H30N4O6.